The van der Waals surface area contributed by atoms with E-state index in [1.807, 2.05) is 30.3 Å². The van der Waals surface area contributed by atoms with Gasteiger partial charge in [0.1, 0.15) is 23.5 Å². The molecule has 0 aliphatic heterocycles. The molecule has 0 aromatic heterocycles. The normalized spacial score (nSPS) is 14.3. The van der Waals surface area contributed by atoms with Crippen molar-refractivity contribution in [3.8, 4) is 5.75 Å². The highest BCUT2D eigenvalue weighted by molar-refractivity contribution is 6.42. The van der Waals surface area contributed by atoms with Crippen molar-refractivity contribution in [1.82, 2.24) is 5.32 Å². The molecule has 0 saturated carbocycles. The standard InChI is InChI=1S/C19H22Cl2N2O3/c1-12(18(22)13-6-3-2-4-7-13)19(25)23-10-14(24)11-26-16-9-5-8-15(20)17(16)21/h2-9,12,14,18,24H,10-11,22H2,1H3,(H,23,25). The van der Waals surface area contributed by atoms with Gasteiger partial charge in [-0.15, -0.1) is 0 Å². The minimum atomic E-state index is -0.894. The Bertz CT molecular complexity index is 728. The molecule has 0 heterocycles. The summed E-state index contributed by atoms with van der Waals surface area (Å²) in [5, 5.41) is 13.4. The number of ether oxygens (including phenoxy) is 1. The molecule has 1 amide bonds. The summed E-state index contributed by atoms with van der Waals surface area (Å²) in [5.74, 6) is -0.293. The fourth-order valence-corrected chi connectivity index (χ4v) is 2.69. The van der Waals surface area contributed by atoms with Gasteiger partial charge in [0.2, 0.25) is 5.91 Å². The number of carbonyl (C=O) groups excluding carboxylic acids is 1. The Morgan fingerprint density at radius 1 is 1.19 bits per heavy atom. The molecule has 3 atom stereocenters. The van der Waals surface area contributed by atoms with Gasteiger partial charge < -0.3 is 20.9 Å². The van der Waals surface area contributed by atoms with Gasteiger partial charge in [0.25, 0.3) is 0 Å². The van der Waals surface area contributed by atoms with E-state index in [0.29, 0.717) is 10.8 Å². The first-order valence-electron chi connectivity index (χ1n) is 8.23. The number of aliphatic hydroxyl groups is 1. The fourth-order valence-electron chi connectivity index (χ4n) is 2.35. The Hall–Kier alpha value is -1.79. The lowest BCUT2D eigenvalue weighted by molar-refractivity contribution is -0.125. The Morgan fingerprint density at radius 2 is 1.88 bits per heavy atom. The van der Waals surface area contributed by atoms with Crippen molar-refractivity contribution >= 4 is 29.1 Å². The first kappa shape index (κ1) is 20.5. The van der Waals surface area contributed by atoms with Crippen LogP contribution in [-0.2, 0) is 4.79 Å². The van der Waals surface area contributed by atoms with E-state index in [1.54, 1.807) is 25.1 Å². The molecular formula is C19H22Cl2N2O3. The number of carbonyl (C=O) groups is 1. The van der Waals surface area contributed by atoms with Crippen molar-refractivity contribution in [2.75, 3.05) is 13.2 Å². The Kier molecular flexibility index (Phi) is 7.72. The SMILES string of the molecule is CC(C(=O)NCC(O)COc1cccc(Cl)c1Cl)C(N)c1ccccc1. The summed E-state index contributed by atoms with van der Waals surface area (Å²) in [5.41, 5.74) is 7.02. The van der Waals surface area contributed by atoms with Crippen LogP contribution in [0.15, 0.2) is 48.5 Å². The molecule has 0 spiro atoms. The molecule has 26 heavy (non-hydrogen) atoms. The first-order valence-corrected chi connectivity index (χ1v) is 8.99. The Labute approximate surface area is 163 Å². The highest BCUT2D eigenvalue weighted by Gasteiger charge is 2.22. The molecule has 2 rings (SSSR count). The largest absolute Gasteiger partial charge is 0.489 e. The first-order chi connectivity index (χ1) is 12.4. The van der Waals surface area contributed by atoms with Crippen LogP contribution in [0.4, 0.5) is 0 Å². The minimum absolute atomic E-state index is 0.0283. The molecule has 140 valence electrons. The number of nitrogens with two attached hydrogens (primary N) is 1. The second kappa shape index (κ2) is 9.78. The molecule has 2 aromatic carbocycles. The summed E-state index contributed by atoms with van der Waals surface area (Å²) in [6, 6.07) is 14.0. The van der Waals surface area contributed by atoms with Crippen molar-refractivity contribution in [3.63, 3.8) is 0 Å². The lowest BCUT2D eigenvalue weighted by atomic mass is 9.94. The zero-order valence-corrected chi connectivity index (χ0v) is 15.9. The van der Waals surface area contributed by atoms with Crippen molar-refractivity contribution in [2.24, 2.45) is 11.7 Å². The van der Waals surface area contributed by atoms with E-state index < -0.39 is 18.1 Å². The van der Waals surface area contributed by atoms with Gasteiger partial charge in [-0.2, -0.15) is 0 Å². The number of amides is 1. The van der Waals surface area contributed by atoms with Gasteiger partial charge in [-0.3, -0.25) is 4.79 Å². The Balaban J connectivity index is 1.80. The highest BCUT2D eigenvalue weighted by Crippen LogP contribution is 2.31. The maximum absolute atomic E-state index is 12.3. The molecule has 3 unspecified atom stereocenters. The van der Waals surface area contributed by atoms with Crippen LogP contribution in [0.25, 0.3) is 0 Å². The molecule has 0 aliphatic rings. The van der Waals surface area contributed by atoms with E-state index in [9.17, 15) is 9.90 Å². The van der Waals surface area contributed by atoms with Gasteiger partial charge in [0, 0.05) is 12.6 Å². The van der Waals surface area contributed by atoms with E-state index in [4.69, 9.17) is 33.7 Å². The molecule has 5 nitrogen and oxygen atoms in total. The maximum Gasteiger partial charge on any atom is 0.224 e. The monoisotopic (exact) mass is 396 g/mol. The average molecular weight is 397 g/mol. The van der Waals surface area contributed by atoms with Crippen molar-refractivity contribution in [2.45, 2.75) is 19.1 Å². The smallest absolute Gasteiger partial charge is 0.224 e. The van der Waals surface area contributed by atoms with Gasteiger partial charge >= 0.3 is 0 Å². The third kappa shape index (κ3) is 5.61. The van der Waals surface area contributed by atoms with Crippen LogP contribution in [0.3, 0.4) is 0 Å². The lowest BCUT2D eigenvalue weighted by Crippen LogP contribution is -2.40. The van der Waals surface area contributed by atoms with Gasteiger partial charge in [0.15, 0.2) is 0 Å². The minimum Gasteiger partial charge on any atom is -0.489 e. The molecule has 0 saturated heterocycles. The third-order valence-corrected chi connectivity index (χ3v) is 4.80. The van der Waals surface area contributed by atoms with Crippen LogP contribution >= 0.6 is 23.2 Å². The molecule has 0 radical (unpaired) electrons. The van der Waals surface area contributed by atoms with Crippen molar-refractivity contribution < 1.29 is 14.6 Å². The summed E-state index contributed by atoms with van der Waals surface area (Å²) in [4.78, 5) is 12.3. The predicted octanol–water partition coefficient (Wildman–Crippen LogP) is 3.19. The molecule has 2 aromatic rings. The zero-order chi connectivity index (χ0) is 19.1. The van der Waals surface area contributed by atoms with Crippen LogP contribution in [0.1, 0.15) is 18.5 Å². The Morgan fingerprint density at radius 3 is 2.58 bits per heavy atom. The number of hydrogen-bond donors (Lipinski definition) is 3. The summed E-state index contributed by atoms with van der Waals surface area (Å²) in [6.07, 6.45) is -0.894. The quantitative estimate of drug-likeness (QED) is 0.639. The van der Waals surface area contributed by atoms with Gasteiger partial charge in [0.05, 0.1) is 10.9 Å². The number of hydrogen-bond acceptors (Lipinski definition) is 4. The molecule has 0 aliphatic carbocycles. The summed E-state index contributed by atoms with van der Waals surface area (Å²) in [6.45, 7) is 1.77. The summed E-state index contributed by atoms with van der Waals surface area (Å²) in [7, 11) is 0. The molecule has 0 fully saturated rings. The molecule has 4 N–H and O–H groups in total. The lowest BCUT2D eigenvalue weighted by Gasteiger charge is -2.21. The van der Waals surface area contributed by atoms with Crippen LogP contribution in [-0.4, -0.2) is 30.3 Å². The second-order valence-electron chi connectivity index (χ2n) is 5.99. The van der Waals surface area contributed by atoms with E-state index in [0.717, 1.165) is 5.56 Å². The van der Waals surface area contributed by atoms with Gasteiger partial charge in [-0.1, -0.05) is 66.5 Å². The third-order valence-electron chi connectivity index (χ3n) is 4.00. The topological polar surface area (TPSA) is 84.6 Å². The van der Waals surface area contributed by atoms with Crippen LogP contribution < -0.4 is 15.8 Å². The predicted molar refractivity (Wildman–Crippen MR) is 104 cm³/mol. The van der Waals surface area contributed by atoms with E-state index in [1.165, 1.54) is 0 Å². The van der Waals surface area contributed by atoms with Crippen LogP contribution in [0.2, 0.25) is 10.0 Å². The van der Waals surface area contributed by atoms with Crippen LogP contribution in [0, 0.1) is 5.92 Å². The second-order valence-corrected chi connectivity index (χ2v) is 6.77. The molecule has 7 heteroatoms. The summed E-state index contributed by atoms with van der Waals surface area (Å²) >= 11 is 11.9. The zero-order valence-electron chi connectivity index (χ0n) is 14.4. The number of nitrogens with one attached hydrogen (secondary N) is 1. The number of aliphatic hydroxyl groups excluding tert-OH is 1. The fraction of sp³-hybridized carbons (Fsp3) is 0.316. The van der Waals surface area contributed by atoms with Gasteiger partial charge in [-0.25, -0.2) is 0 Å². The van der Waals surface area contributed by atoms with Crippen LogP contribution in [0.5, 0.6) is 5.75 Å². The highest BCUT2D eigenvalue weighted by atomic mass is 35.5. The molecular weight excluding hydrogens is 375 g/mol. The number of benzene rings is 2. The van der Waals surface area contributed by atoms with E-state index >= 15 is 0 Å². The number of rotatable bonds is 8. The number of halogens is 2. The maximum atomic E-state index is 12.3. The average Bonchev–Trinajstić information content (AvgIpc) is 2.66. The molecule has 0 bridgehead atoms. The van der Waals surface area contributed by atoms with Gasteiger partial charge in [-0.05, 0) is 17.7 Å². The van der Waals surface area contributed by atoms with E-state index in [-0.39, 0.29) is 24.1 Å². The summed E-state index contributed by atoms with van der Waals surface area (Å²) < 4.78 is 5.45. The van der Waals surface area contributed by atoms with E-state index in [2.05, 4.69) is 5.32 Å². The van der Waals surface area contributed by atoms with Crippen molar-refractivity contribution in [1.29, 1.82) is 0 Å². The van der Waals surface area contributed by atoms with Crippen molar-refractivity contribution in [3.05, 3.63) is 64.1 Å².